The molecule has 7 rings (SSSR count). The van der Waals surface area contributed by atoms with Crippen LogP contribution < -0.4 is 9.80 Å². The molecule has 8 heteroatoms. The van der Waals surface area contributed by atoms with Crippen molar-refractivity contribution in [2.24, 2.45) is 11.8 Å². The third kappa shape index (κ3) is 5.89. The number of carbonyl (C=O) groups excluding carboxylic acids is 2. The number of ether oxygens (including phenoxy) is 2. The van der Waals surface area contributed by atoms with E-state index in [1.165, 1.54) is 103 Å². The number of piperidine rings is 3. The van der Waals surface area contributed by atoms with Crippen LogP contribution in [0.5, 0.6) is 0 Å². The van der Waals surface area contributed by atoms with Gasteiger partial charge in [0.05, 0.1) is 32.1 Å². The molecule has 0 amide bonds. The predicted molar refractivity (Wildman–Crippen MR) is 172 cm³/mol. The lowest BCUT2D eigenvalue weighted by atomic mass is 9.73. The van der Waals surface area contributed by atoms with Crippen LogP contribution in [0.4, 0.5) is 11.4 Å². The van der Waals surface area contributed by atoms with Crippen LogP contribution in [0.25, 0.3) is 0 Å². The maximum Gasteiger partial charge on any atom is 0.325 e. The molecule has 1 aromatic rings. The zero-order valence-electron chi connectivity index (χ0n) is 26.9. The van der Waals surface area contributed by atoms with E-state index in [4.69, 9.17) is 9.47 Å². The summed E-state index contributed by atoms with van der Waals surface area (Å²) in [6, 6.07) is 11.0. The Kier molecular flexibility index (Phi) is 8.91. The van der Waals surface area contributed by atoms with Crippen LogP contribution in [0.15, 0.2) is 35.7 Å². The van der Waals surface area contributed by atoms with Gasteiger partial charge in [0.25, 0.3) is 0 Å². The Hall–Kier alpha value is -2.58. The van der Waals surface area contributed by atoms with Crippen LogP contribution in [0.2, 0.25) is 0 Å². The van der Waals surface area contributed by atoms with E-state index in [2.05, 4.69) is 43.9 Å². The first-order valence-corrected chi connectivity index (χ1v) is 17.5. The van der Waals surface area contributed by atoms with E-state index in [-0.39, 0.29) is 18.5 Å². The second kappa shape index (κ2) is 13.0. The highest BCUT2D eigenvalue weighted by molar-refractivity contribution is 5.88. The monoisotopic (exact) mass is 604 g/mol. The molecule has 6 atom stereocenters. The molecule has 2 unspecified atom stereocenters. The summed E-state index contributed by atoms with van der Waals surface area (Å²) < 4.78 is 10.2. The number of anilines is 2. The topological polar surface area (TPSA) is 65.6 Å². The fraction of sp³-hybridized carbons (Fsp3) is 0.722. The lowest BCUT2D eigenvalue weighted by Crippen LogP contribution is -2.61. The van der Waals surface area contributed by atoms with Crippen molar-refractivity contribution in [1.82, 2.24) is 9.80 Å². The largest absolute Gasteiger partial charge is 0.468 e. The van der Waals surface area contributed by atoms with E-state index < -0.39 is 0 Å². The number of para-hydroxylation sites is 2. The Bertz CT molecular complexity index is 1220. The SMILES string of the molecule is COC(=O)CN1CCC/C(=C2/N(CC(=O)OC)c3ccccc3N2C2C[C@H]3CCC[C@@H](C2)N3C2C[C@H]3CCCC[C@@H](C2)C3)C1. The number of hydrogen-bond acceptors (Lipinski definition) is 8. The van der Waals surface area contributed by atoms with Crippen molar-refractivity contribution in [3.63, 3.8) is 0 Å². The highest BCUT2D eigenvalue weighted by atomic mass is 16.5. The van der Waals surface area contributed by atoms with Crippen molar-refractivity contribution in [2.45, 2.75) is 114 Å². The Morgan fingerprint density at radius 1 is 0.727 bits per heavy atom. The molecule has 0 spiro atoms. The Morgan fingerprint density at radius 2 is 1.39 bits per heavy atom. The summed E-state index contributed by atoms with van der Waals surface area (Å²) in [4.78, 5) is 35.2. The third-order valence-corrected chi connectivity index (χ3v) is 11.8. The summed E-state index contributed by atoms with van der Waals surface area (Å²) in [5.41, 5.74) is 3.61. The van der Waals surface area contributed by atoms with Gasteiger partial charge >= 0.3 is 11.9 Å². The second-order valence-electron chi connectivity index (χ2n) is 14.5. The van der Waals surface area contributed by atoms with Gasteiger partial charge in [0, 0.05) is 30.7 Å². The summed E-state index contributed by atoms with van der Waals surface area (Å²) in [5.74, 6) is 2.61. The second-order valence-corrected chi connectivity index (χ2v) is 14.5. The molecule has 4 bridgehead atoms. The highest BCUT2D eigenvalue weighted by Crippen LogP contribution is 2.50. The predicted octanol–water partition coefficient (Wildman–Crippen LogP) is 5.71. The lowest BCUT2D eigenvalue weighted by Gasteiger charge is -2.56. The van der Waals surface area contributed by atoms with Gasteiger partial charge in [-0.15, -0.1) is 0 Å². The maximum atomic E-state index is 12.8. The number of methoxy groups -OCH3 is 2. The number of carbonyl (C=O) groups is 2. The van der Waals surface area contributed by atoms with Crippen molar-refractivity contribution in [3.8, 4) is 0 Å². The third-order valence-electron chi connectivity index (χ3n) is 11.8. The van der Waals surface area contributed by atoms with E-state index in [9.17, 15) is 9.59 Å². The molecule has 44 heavy (non-hydrogen) atoms. The minimum absolute atomic E-state index is 0.191. The molecular formula is C36H52N4O4. The smallest absolute Gasteiger partial charge is 0.325 e. The molecule has 3 saturated heterocycles. The Morgan fingerprint density at radius 3 is 2.07 bits per heavy atom. The van der Waals surface area contributed by atoms with Gasteiger partial charge in [-0.05, 0) is 93.9 Å². The van der Waals surface area contributed by atoms with E-state index in [1.54, 1.807) is 0 Å². The summed E-state index contributed by atoms with van der Waals surface area (Å²) >= 11 is 0. The molecular weight excluding hydrogens is 552 g/mol. The van der Waals surface area contributed by atoms with Gasteiger partial charge in [-0.25, -0.2) is 0 Å². The number of benzene rings is 1. The minimum Gasteiger partial charge on any atom is -0.468 e. The van der Waals surface area contributed by atoms with Crippen LogP contribution in [-0.4, -0.2) is 86.3 Å². The van der Waals surface area contributed by atoms with Crippen LogP contribution in [0.1, 0.15) is 89.9 Å². The number of fused-ring (bicyclic) bond motifs is 5. The van der Waals surface area contributed by atoms with Crippen molar-refractivity contribution in [1.29, 1.82) is 0 Å². The standard InChI is InChI=1S/C36H52N4O4/c1-43-34(41)23-37-16-8-11-27(22-37)36-38(24-35(42)44-2)32-14-5-6-15-33(32)40(36)31-20-28-12-7-13-29(21-31)39(28)30-18-25-9-3-4-10-26(17-25)19-30/h5-6,14-15,25-26,28-31H,3-4,7-13,16-24H2,1-2H3/b36-27+/t25-,26+,28-,29+,30?,31?. The Balaban J connectivity index is 1.21. The van der Waals surface area contributed by atoms with Crippen molar-refractivity contribution in [2.75, 3.05) is 50.2 Å². The van der Waals surface area contributed by atoms with Crippen LogP contribution in [0, 0.1) is 11.8 Å². The first-order chi connectivity index (χ1) is 21.5. The van der Waals surface area contributed by atoms with Gasteiger partial charge in [0.1, 0.15) is 12.4 Å². The summed E-state index contributed by atoms with van der Waals surface area (Å²) in [7, 11) is 2.94. The van der Waals surface area contributed by atoms with Crippen molar-refractivity contribution < 1.29 is 19.1 Å². The number of hydrogen-bond donors (Lipinski definition) is 0. The molecule has 6 aliphatic rings. The molecule has 1 aromatic carbocycles. The molecule has 0 aromatic heterocycles. The molecule has 8 nitrogen and oxygen atoms in total. The van der Waals surface area contributed by atoms with E-state index in [0.29, 0.717) is 31.2 Å². The zero-order chi connectivity index (χ0) is 30.2. The van der Waals surface area contributed by atoms with Crippen LogP contribution in [-0.2, 0) is 19.1 Å². The van der Waals surface area contributed by atoms with Gasteiger partial charge in [0.2, 0.25) is 0 Å². The van der Waals surface area contributed by atoms with Gasteiger partial charge in [-0.3, -0.25) is 19.4 Å². The lowest BCUT2D eigenvalue weighted by molar-refractivity contribution is -0.142. The molecule has 0 radical (unpaired) electrons. The Labute approximate surface area is 263 Å². The average Bonchev–Trinajstić information content (AvgIpc) is 3.25. The van der Waals surface area contributed by atoms with E-state index in [1.807, 2.05) is 0 Å². The molecule has 4 aliphatic heterocycles. The zero-order valence-corrected chi connectivity index (χ0v) is 26.9. The van der Waals surface area contributed by atoms with Gasteiger partial charge in [-0.2, -0.15) is 0 Å². The fourth-order valence-electron chi connectivity index (χ4n) is 10.2. The number of esters is 2. The van der Waals surface area contributed by atoms with Crippen LogP contribution >= 0.6 is 0 Å². The fourth-order valence-corrected chi connectivity index (χ4v) is 10.2. The summed E-state index contributed by atoms with van der Waals surface area (Å²) in [5, 5.41) is 0. The van der Waals surface area contributed by atoms with E-state index in [0.717, 1.165) is 48.8 Å². The van der Waals surface area contributed by atoms with Gasteiger partial charge in [-0.1, -0.05) is 44.2 Å². The minimum atomic E-state index is -0.229. The quantitative estimate of drug-likeness (QED) is 0.383. The molecule has 0 N–H and O–H groups in total. The first kappa shape index (κ1) is 30.1. The maximum absolute atomic E-state index is 12.8. The summed E-state index contributed by atoms with van der Waals surface area (Å²) in [6.45, 7) is 2.07. The van der Waals surface area contributed by atoms with Crippen molar-refractivity contribution in [3.05, 3.63) is 35.7 Å². The first-order valence-electron chi connectivity index (χ1n) is 17.5. The molecule has 2 saturated carbocycles. The normalized spacial score (nSPS) is 34.3. The highest BCUT2D eigenvalue weighted by Gasteiger charge is 2.48. The molecule has 4 heterocycles. The van der Waals surface area contributed by atoms with Gasteiger partial charge < -0.3 is 19.3 Å². The average molecular weight is 605 g/mol. The molecule has 2 aliphatic carbocycles. The van der Waals surface area contributed by atoms with E-state index >= 15 is 0 Å². The van der Waals surface area contributed by atoms with Gasteiger partial charge in [0.15, 0.2) is 0 Å². The number of nitrogens with zero attached hydrogens (tertiary/aromatic N) is 4. The van der Waals surface area contributed by atoms with Crippen molar-refractivity contribution >= 4 is 23.3 Å². The molecule has 240 valence electrons. The number of rotatable bonds is 6. The number of likely N-dealkylation sites (tertiary alicyclic amines) is 1. The summed E-state index contributed by atoms with van der Waals surface area (Å²) in [6.07, 6.45) is 18.3. The molecule has 5 fully saturated rings. The van der Waals surface area contributed by atoms with Crippen LogP contribution in [0.3, 0.4) is 0 Å².